The summed E-state index contributed by atoms with van der Waals surface area (Å²) in [5.74, 6) is 0.770. The summed E-state index contributed by atoms with van der Waals surface area (Å²) in [5.41, 5.74) is 0.482. The molecule has 0 bridgehead atoms. The van der Waals surface area contributed by atoms with Crippen molar-refractivity contribution >= 4 is 63.3 Å². The third-order valence-corrected chi connectivity index (χ3v) is 7.06. The van der Waals surface area contributed by atoms with Gasteiger partial charge in [-0.05, 0) is 25.0 Å². The highest BCUT2D eigenvalue weighted by molar-refractivity contribution is 8.14. The quantitative estimate of drug-likeness (QED) is 0.617. The van der Waals surface area contributed by atoms with E-state index >= 15 is 0 Å². The molecule has 1 heterocycles. The van der Waals surface area contributed by atoms with Crippen LogP contribution in [0.15, 0.2) is 17.1 Å². The third-order valence-electron chi connectivity index (χ3n) is 4.83. The standard InChI is InChI=1S/C18H22Cl3N3OS/c1-24-12(10-26-18(24)22-11-5-3-2-4-6-11)7-17(25)23-16-9-14(20)13(19)8-15(16)21/h8-9,11-12H,2-7,10H2,1H3,(H,23,25). The van der Waals surface area contributed by atoms with E-state index in [2.05, 4.69) is 10.2 Å². The molecule has 8 heteroatoms. The molecule has 1 aliphatic heterocycles. The van der Waals surface area contributed by atoms with Gasteiger partial charge in [-0.1, -0.05) is 65.8 Å². The number of anilines is 1. The first-order valence-corrected chi connectivity index (χ1v) is 10.9. The van der Waals surface area contributed by atoms with E-state index in [4.69, 9.17) is 39.8 Å². The summed E-state index contributed by atoms with van der Waals surface area (Å²) in [6.45, 7) is 0. The number of thioether (sulfide) groups is 1. The minimum Gasteiger partial charge on any atom is -0.350 e. The van der Waals surface area contributed by atoms with E-state index in [1.54, 1.807) is 17.8 Å². The second-order valence-electron chi connectivity index (χ2n) is 6.78. The second kappa shape index (κ2) is 9.05. The van der Waals surface area contributed by atoms with Gasteiger partial charge in [-0.15, -0.1) is 0 Å². The summed E-state index contributed by atoms with van der Waals surface area (Å²) < 4.78 is 0. The third kappa shape index (κ3) is 5.00. The van der Waals surface area contributed by atoms with Crippen LogP contribution in [0.5, 0.6) is 0 Å². The molecule has 2 fully saturated rings. The Kier molecular flexibility index (Phi) is 7.00. The lowest BCUT2D eigenvalue weighted by atomic mass is 9.96. The van der Waals surface area contributed by atoms with Crippen molar-refractivity contribution in [3.63, 3.8) is 0 Å². The van der Waals surface area contributed by atoms with Gasteiger partial charge in [-0.2, -0.15) is 0 Å². The number of benzene rings is 1. The van der Waals surface area contributed by atoms with Gasteiger partial charge in [0.25, 0.3) is 0 Å². The van der Waals surface area contributed by atoms with Crippen LogP contribution in [0.3, 0.4) is 0 Å². The first-order valence-electron chi connectivity index (χ1n) is 8.82. The van der Waals surface area contributed by atoms with E-state index in [0.717, 1.165) is 10.9 Å². The number of rotatable bonds is 4. The number of hydrogen-bond donors (Lipinski definition) is 1. The number of halogens is 3. The summed E-state index contributed by atoms with van der Waals surface area (Å²) in [6, 6.07) is 3.68. The van der Waals surface area contributed by atoms with Gasteiger partial charge < -0.3 is 10.2 Å². The minimum absolute atomic E-state index is 0.0957. The first kappa shape index (κ1) is 20.1. The van der Waals surface area contributed by atoms with E-state index < -0.39 is 0 Å². The number of aliphatic imine (C=N–C) groups is 1. The predicted octanol–water partition coefficient (Wildman–Crippen LogP) is 5.71. The van der Waals surface area contributed by atoms with Crippen LogP contribution >= 0.6 is 46.6 Å². The highest BCUT2D eigenvalue weighted by Gasteiger charge is 2.30. The minimum atomic E-state index is -0.0957. The summed E-state index contributed by atoms with van der Waals surface area (Å²) in [4.78, 5) is 19.5. The Bertz CT molecular complexity index is 707. The van der Waals surface area contributed by atoms with Gasteiger partial charge in [-0.25, -0.2) is 0 Å². The molecule has 0 radical (unpaired) electrons. The van der Waals surface area contributed by atoms with Crippen molar-refractivity contribution in [2.75, 3.05) is 18.1 Å². The van der Waals surface area contributed by atoms with Crippen molar-refractivity contribution in [3.05, 3.63) is 27.2 Å². The van der Waals surface area contributed by atoms with Crippen molar-refractivity contribution in [3.8, 4) is 0 Å². The zero-order chi connectivity index (χ0) is 18.7. The van der Waals surface area contributed by atoms with Crippen molar-refractivity contribution in [2.45, 2.75) is 50.6 Å². The molecular weight excluding hydrogens is 413 g/mol. The SMILES string of the molecule is CN1C(=NC2CCCCC2)SCC1CC(=O)Nc1cc(Cl)c(Cl)cc1Cl. The molecule has 26 heavy (non-hydrogen) atoms. The Morgan fingerprint density at radius 3 is 2.62 bits per heavy atom. The number of nitrogens with one attached hydrogen (secondary N) is 1. The molecule has 1 aliphatic carbocycles. The van der Waals surface area contributed by atoms with Crippen molar-refractivity contribution < 1.29 is 4.79 Å². The molecule has 142 valence electrons. The summed E-state index contributed by atoms with van der Waals surface area (Å²) in [5, 5.41) is 4.99. The molecule has 1 atom stereocenters. The average Bonchev–Trinajstić information content (AvgIpc) is 2.94. The lowest BCUT2D eigenvalue weighted by Gasteiger charge is -2.23. The number of carbonyl (C=O) groups is 1. The Labute approximate surface area is 173 Å². The van der Waals surface area contributed by atoms with E-state index in [0.29, 0.717) is 33.2 Å². The molecule has 1 N–H and O–H groups in total. The second-order valence-corrected chi connectivity index (χ2v) is 8.99. The smallest absolute Gasteiger partial charge is 0.226 e. The molecule has 1 unspecified atom stereocenters. The fourth-order valence-corrected chi connectivity index (χ4v) is 5.12. The fourth-order valence-electron chi connectivity index (χ4n) is 3.26. The van der Waals surface area contributed by atoms with Gasteiger partial charge in [0.05, 0.1) is 26.8 Å². The summed E-state index contributed by atoms with van der Waals surface area (Å²) >= 11 is 19.8. The molecule has 0 aromatic heterocycles. The Hall–Kier alpha value is -0.620. The maximum atomic E-state index is 12.4. The molecule has 1 amide bonds. The van der Waals surface area contributed by atoms with Crippen molar-refractivity contribution in [1.29, 1.82) is 0 Å². The maximum Gasteiger partial charge on any atom is 0.226 e. The molecule has 3 rings (SSSR count). The summed E-state index contributed by atoms with van der Waals surface area (Å²) in [7, 11) is 2.02. The van der Waals surface area contributed by atoms with Crippen LogP contribution in [0, 0.1) is 0 Å². The molecule has 0 spiro atoms. The number of carbonyl (C=O) groups excluding carboxylic acids is 1. The highest BCUT2D eigenvalue weighted by atomic mass is 35.5. The summed E-state index contributed by atoms with van der Waals surface area (Å²) in [6.07, 6.45) is 6.60. The van der Waals surface area contributed by atoms with Gasteiger partial charge in [0.2, 0.25) is 5.91 Å². The van der Waals surface area contributed by atoms with Crippen LogP contribution in [-0.4, -0.2) is 40.9 Å². The number of amidine groups is 1. The van der Waals surface area contributed by atoms with Crippen LogP contribution in [0.1, 0.15) is 38.5 Å². The van der Waals surface area contributed by atoms with E-state index in [1.165, 1.54) is 38.2 Å². The number of nitrogens with zero attached hydrogens (tertiary/aromatic N) is 2. The highest BCUT2D eigenvalue weighted by Crippen LogP contribution is 2.33. The zero-order valence-corrected chi connectivity index (χ0v) is 17.7. The number of amides is 1. The largest absolute Gasteiger partial charge is 0.350 e. The molecule has 1 aromatic rings. The van der Waals surface area contributed by atoms with Crippen LogP contribution in [0.2, 0.25) is 15.1 Å². The van der Waals surface area contributed by atoms with Crippen LogP contribution in [-0.2, 0) is 4.79 Å². The molecule has 1 saturated heterocycles. The van der Waals surface area contributed by atoms with Gasteiger partial charge >= 0.3 is 0 Å². The van der Waals surface area contributed by atoms with Crippen LogP contribution in [0.25, 0.3) is 0 Å². The lowest BCUT2D eigenvalue weighted by Crippen LogP contribution is -2.34. The van der Waals surface area contributed by atoms with Gasteiger partial charge in [0, 0.05) is 25.3 Å². The van der Waals surface area contributed by atoms with Gasteiger partial charge in [0.1, 0.15) is 0 Å². The normalized spacial score (nSPS) is 22.8. The number of hydrogen-bond acceptors (Lipinski definition) is 3. The molecule has 2 aliphatic rings. The van der Waals surface area contributed by atoms with Crippen LogP contribution < -0.4 is 5.32 Å². The van der Waals surface area contributed by atoms with E-state index in [-0.39, 0.29) is 11.9 Å². The lowest BCUT2D eigenvalue weighted by molar-refractivity contribution is -0.116. The molecular formula is C18H22Cl3N3OS. The van der Waals surface area contributed by atoms with Crippen molar-refractivity contribution in [2.24, 2.45) is 4.99 Å². The Morgan fingerprint density at radius 1 is 1.19 bits per heavy atom. The first-order chi connectivity index (χ1) is 12.4. The topological polar surface area (TPSA) is 44.7 Å². The monoisotopic (exact) mass is 433 g/mol. The average molecular weight is 435 g/mol. The zero-order valence-electron chi connectivity index (χ0n) is 14.6. The predicted molar refractivity (Wildman–Crippen MR) is 113 cm³/mol. The van der Waals surface area contributed by atoms with Crippen molar-refractivity contribution in [1.82, 2.24) is 4.90 Å². The fraction of sp³-hybridized carbons (Fsp3) is 0.556. The Morgan fingerprint density at radius 2 is 1.88 bits per heavy atom. The van der Waals surface area contributed by atoms with Crippen LogP contribution in [0.4, 0.5) is 5.69 Å². The van der Waals surface area contributed by atoms with Gasteiger partial charge in [-0.3, -0.25) is 9.79 Å². The Balaban J connectivity index is 1.58. The van der Waals surface area contributed by atoms with E-state index in [1.807, 2.05) is 7.05 Å². The van der Waals surface area contributed by atoms with Gasteiger partial charge in [0.15, 0.2) is 5.17 Å². The molecule has 1 aromatic carbocycles. The molecule has 4 nitrogen and oxygen atoms in total. The molecule has 1 saturated carbocycles. The van der Waals surface area contributed by atoms with E-state index in [9.17, 15) is 4.79 Å². The maximum absolute atomic E-state index is 12.4.